The molecule has 65 heavy (non-hydrogen) atoms. The molecule has 1 atom stereocenters. The van der Waals surface area contributed by atoms with Gasteiger partial charge >= 0.3 is 0 Å². The second-order valence-electron chi connectivity index (χ2n) is 18.5. The predicted octanol–water partition coefficient (Wildman–Crippen LogP) is 18.3. The molecule has 306 valence electrons. The Balaban J connectivity index is 1.16. The zero-order valence-electron chi connectivity index (χ0n) is 36.9. The highest BCUT2D eigenvalue weighted by Gasteiger charge is 2.36. The molecule has 0 N–H and O–H groups in total. The lowest BCUT2D eigenvalue weighted by molar-refractivity contribution is 0.493. The van der Waals surface area contributed by atoms with Crippen LogP contribution in [0.3, 0.4) is 0 Å². The van der Waals surface area contributed by atoms with Crippen molar-refractivity contribution in [1.29, 1.82) is 0 Å². The Morgan fingerprint density at radius 3 is 1.06 bits per heavy atom. The molecule has 0 heterocycles. The molecule has 0 radical (unpaired) electrons. The van der Waals surface area contributed by atoms with Gasteiger partial charge in [-0.25, -0.2) is 0 Å². The third kappa shape index (κ3) is 5.38. The lowest BCUT2D eigenvalue weighted by atomic mass is 9.65. The van der Waals surface area contributed by atoms with Crippen molar-refractivity contribution in [1.82, 2.24) is 0 Å². The number of hydrogen-bond donors (Lipinski definition) is 0. The van der Waals surface area contributed by atoms with Crippen molar-refractivity contribution in [3.63, 3.8) is 0 Å². The van der Waals surface area contributed by atoms with Crippen LogP contribution in [0.4, 0.5) is 0 Å². The van der Waals surface area contributed by atoms with Gasteiger partial charge in [0, 0.05) is 5.41 Å². The van der Waals surface area contributed by atoms with Crippen LogP contribution in [0.2, 0.25) is 0 Å². The Morgan fingerprint density at radius 2 is 0.662 bits per heavy atom. The SMILES string of the molecule is CC1=CC=C(c2c3ccccc3c(-c3c4ccccc4c(-c4c5ccccc5c(-c5ccc(C)c6ccccc56)c5ccccc45)c4ccccc34)c3ccccc23)C2=CC=CCC12C. The van der Waals surface area contributed by atoms with Gasteiger partial charge in [-0.05, 0) is 151 Å². The van der Waals surface area contributed by atoms with Crippen LogP contribution in [0.5, 0.6) is 0 Å². The summed E-state index contributed by atoms with van der Waals surface area (Å²) >= 11 is 0. The van der Waals surface area contributed by atoms with E-state index in [1.807, 2.05) is 0 Å². The molecular weight excluding hydrogens is 781 g/mol. The molecule has 0 amide bonds. The third-order valence-electron chi connectivity index (χ3n) is 15.2. The topological polar surface area (TPSA) is 0 Å². The van der Waals surface area contributed by atoms with Crippen molar-refractivity contribution >= 4 is 81.0 Å². The van der Waals surface area contributed by atoms with Crippen LogP contribution < -0.4 is 0 Å². The van der Waals surface area contributed by atoms with Gasteiger partial charge in [0.05, 0.1) is 0 Å². The second-order valence-corrected chi connectivity index (χ2v) is 18.5. The van der Waals surface area contributed by atoms with E-state index >= 15 is 0 Å². The van der Waals surface area contributed by atoms with E-state index in [-0.39, 0.29) is 5.41 Å². The molecule has 0 spiro atoms. The molecule has 0 saturated heterocycles. The zero-order chi connectivity index (χ0) is 43.4. The van der Waals surface area contributed by atoms with Crippen molar-refractivity contribution in [2.75, 3.05) is 0 Å². The van der Waals surface area contributed by atoms with Crippen LogP contribution in [0.25, 0.3) is 114 Å². The quantitative estimate of drug-likeness (QED) is 0.155. The van der Waals surface area contributed by atoms with Crippen LogP contribution in [0.1, 0.15) is 31.4 Å². The first kappa shape index (κ1) is 37.7. The molecule has 13 rings (SSSR count). The number of rotatable bonds is 4. The summed E-state index contributed by atoms with van der Waals surface area (Å²) in [6.45, 7) is 6.94. The molecule has 0 aromatic heterocycles. The van der Waals surface area contributed by atoms with E-state index in [1.165, 1.54) is 137 Å². The number of aryl methyl sites for hydroxylation is 1. The molecule has 0 fully saturated rings. The Hall–Kier alpha value is -7.80. The van der Waals surface area contributed by atoms with E-state index in [1.54, 1.807) is 0 Å². The van der Waals surface area contributed by atoms with E-state index in [2.05, 4.69) is 233 Å². The molecule has 2 aliphatic rings. The highest BCUT2D eigenvalue weighted by atomic mass is 14.4. The van der Waals surface area contributed by atoms with Crippen molar-refractivity contribution in [3.8, 4) is 33.4 Å². The van der Waals surface area contributed by atoms with Crippen LogP contribution >= 0.6 is 0 Å². The number of hydrogen-bond acceptors (Lipinski definition) is 0. The fourth-order valence-corrected chi connectivity index (χ4v) is 11.9. The normalized spacial score (nSPS) is 16.1. The summed E-state index contributed by atoms with van der Waals surface area (Å²) in [6, 6.07) is 68.6. The molecule has 0 nitrogen and oxygen atoms in total. The third-order valence-corrected chi connectivity index (χ3v) is 15.2. The van der Waals surface area contributed by atoms with Gasteiger partial charge in [-0.2, -0.15) is 0 Å². The molecule has 0 saturated carbocycles. The van der Waals surface area contributed by atoms with E-state index in [9.17, 15) is 0 Å². The smallest absolute Gasteiger partial charge is 0.0174 e. The summed E-state index contributed by atoms with van der Waals surface area (Å²) in [6.07, 6.45) is 12.7. The average molecular weight is 827 g/mol. The van der Waals surface area contributed by atoms with Crippen molar-refractivity contribution < 1.29 is 0 Å². The van der Waals surface area contributed by atoms with Gasteiger partial charge in [-0.3, -0.25) is 0 Å². The molecular formula is C65H46. The van der Waals surface area contributed by atoms with Crippen LogP contribution in [0.15, 0.2) is 224 Å². The Labute approximate surface area is 379 Å². The van der Waals surface area contributed by atoms with Crippen LogP contribution in [-0.2, 0) is 0 Å². The highest BCUT2D eigenvalue weighted by Crippen LogP contribution is 2.56. The van der Waals surface area contributed by atoms with Gasteiger partial charge < -0.3 is 0 Å². The predicted molar refractivity (Wildman–Crippen MR) is 282 cm³/mol. The summed E-state index contributed by atoms with van der Waals surface area (Å²) in [5, 5.41) is 17.8. The molecule has 0 aliphatic heterocycles. The first-order chi connectivity index (χ1) is 32.0. The number of allylic oxidation sites excluding steroid dienone is 8. The number of fused-ring (bicyclic) bond motifs is 8. The van der Waals surface area contributed by atoms with E-state index in [4.69, 9.17) is 0 Å². The Kier molecular flexibility index (Phi) is 8.34. The maximum atomic E-state index is 2.42. The van der Waals surface area contributed by atoms with Gasteiger partial charge in [0.25, 0.3) is 0 Å². The summed E-state index contributed by atoms with van der Waals surface area (Å²) < 4.78 is 0. The molecule has 2 aliphatic carbocycles. The van der Waals surface area contributed by atoms with Gasteiger partial charge in [0.2, 0.25) is 0 Å². The van der Waals surface area contributed by atoms with E-state index < -0.39 is 0 Å². The summed E-state index contributed by atoms with van der Waals surface area (Å²) in [5.74, 6) is 0. The van der Waals surface area contributed by atoms with Crippen molar-refractivity contribution in [3.05, 3.63) is 235 Å². The highest BCUT2D eigenvalue weighted by molar-refractivity contribution is 6.33. The molecule has 11 aromatic carbocycles. The van der Waals surface area contributed by atoms with Gasteiger partial charge in [0.15, 0.2) is 0 Å². The van der Waals surface area contributed by atoms with Crippen molar-refractivity contribution in [2.45, 2.75) is 27.2 Å². The van der Waals surface area contributed by atoms with Crippen LogP contribution in [-0.4, -0.2) is 0 Å². The van der Waals surface area contributed by atoms with E-state index in [0.29, 0.717) is 0 Å². The Morgan fingerprint density at radius 1 is 0.323 bits per heavy atom. The first-order valence-corrected chi connectivity index (χ1v) is 23.1. The fourth-order valence-electron chi connectivity index (χ4n) is 11.9. The Bertz CT molecular complexity index is 3830. The minimum absolute atomic E-state index is 0.0393. The first-order valence-electron chi connectivity index (χ1n) is 23.1. The van der Waals surface area contributed by atoms with E-state index in [0.717, 1.165) is 6.42 Å². The standard InChI is InChI=1S/C65H46/c1-40-35-37-56(43-21-5-4-20-42(40)43)59-44-22-6-10-26-48(44)61(49-27-11-7-23-45(49)59)63-52-30-14-16-32-54(52)64(55-33-17-15-31-53(55)63)62-50-28-12-8-24-46(50)60(47-25-9-13-29-51(47)62)57-38-36-41(2)65(3)39-19-18-34-58(57)65/h4-38H,39H2,1-3H3. The second kappa shape index (κ2) is 14.4. The monoisotopic (exact) mass is 826 g/mol. The molecule has 11 aromatic rings. The lowest BCUT2D eigenvalue weighted by Gasteiger charge is -2.39. The van der Waals surface area contributed by atoms with Gasteiger partial charge in [-0.1, -0.05) is 225 Å². The average Bonchev–Trinajstić information content (AvgIpc) is 3.35. The maximum absolute atomic E-state index is 2.42. The van der Waals surface area contributed by atoms with Crippen molar-refractivity contribution in [2.24, 2.45) is 5.41 Å². The zero-order valence-corrected chi connectivity index (χ0v) is 36.9. The summed E-state index contributed by atoms with van der Waals surface area (Å²) in [7, 11) is 0. The summed E-state index contributed by atoms with van der Waals surface area (Å²) in [4.78, 5) is 0. The minimum Gasteiger partial charge on any atom is -0.0833 e. The van der Waals surface area contributed by atoms with Gasteiger partial charge in [0.1, 0.15) is 0 Å². The van der Waals surface area contributed by atoms with Crippen LogP contribution in [0, 0.1) is 12.3 Å². The van der Waals surface area contributed by atoms with Gasteiger partial charge in [-0.15, -0.1) is 0 Å². The lowest BCUT2D eigenvalue weighted by Crippen LogP contribution is -2.25. The molecule has 0 bridgehead atoms. The summed E-state index contributed by atoms with van der Waals surface area (Å²) in [5.41, 5.74) is 14.4. The molecule has 0 heteroatoms. The largest absolute Gasteiger partial charge is 0.0833 e. The maximum Gasteiger partial charge on any atom is 0.0174 e. The fraction of sp³-hybridized carbons (Fsp3) is 0.0769. The minimum atomic E-state index is -0.0393. The number of benzene rings is 11. The molecule has 1 unspecified atom stereocenters.